The number of hydrogen-bond acceptors (Lipinski definition) is 3. The van der Waals surface area contributed by atoms with Crippen LogP contribution in [0.4, 0.5) is 0 Å². The predicted octanol–water partition coefficient (Wildman–Crippen LogP) is 1.35. The number of pyridine rings is 1. The molecule has 1 aliphatic heterocycles. The van der Waals surface area contributed by atoms with Gasteiger partial charge in [0.1, 0.15) is 0 Å². The van der Waals surface area contributed by atoms with E-state index in [9.17, 15) is 4.79 Å². The Morgan fingerprint density at radius 2 is 2.39 bits per heavy atom. The van der Waals surface area contributed by atoms with E-state index in [0.29, 0.717) is 19.0 Å². The summed E-state index contributed by atoms with van der Waals surface area (Å²) in [6.45, 7) is 1.53. The number of amides is 1. The largest absolute Gasteiger partial charge is 0.339 e. The van der Waals surface area contributed by atoms with Gasteiger partial charge < -0.3 is 10.6 Å². The minimum Gasteiger partial charge on any atom is -0.339 e. The second-order valence-electron chi connectivity index (χ2n) is 4.85. The van der Waals surface area contributed by atoms with Crippen molar-refractivity contribution in [2.24, 2.45) is 5.73 Å². The van der Waals surface area contributed by atoms with Crippen LogP contribution in [0.1, 0.15) is 31.2 Å². The van der Waals surface area contributed by atoms with Gasteiger partial charge in [-0.05, 0) is 43.9 Å². The Bertz CT molecular complexity index is 378. The van der Waals surface area contributed by atoms with Crippen LogP contribution in [0, 0.1) is 0 Å². The van der Waals surface area contributed by atoms with Gasteiger partial charge in [-0.1, -0.05) is 6.07 Å². The lowest BCUT2D eigenvalue weighted by Crippen LogP contribution is -2.45. The van der Waals surface area contributed by atoms with E-state index in [0.717, 1.165) is 31.4 Å². The average molecular weight is 247 g/mol. The van der Waals surface area contributed by atoms with Crippen LogP contribution < -0.4 is 5.73 Å². The van der Waals surface area contributed by atoms with Crippen LogP contribution in [0.3, 0.4) is 0 Å². The zero-order valence-electron chi connectivity index (χ0n) is 10.7. The van der Waals surface area contributed by atoms with E-state index in [2.05, 4.69) is 4.98 Å². The third kappa shape index (κ3) is 3.29. The summed E-state index contributed by atoms with van der Waals surface area (Å²) in [4.78, 5) is 18.4. The van der Waals surface area contributed by atoms with Gasteiger partial charge in [-0.25, -0.2) is 0 Å². The first-order chi connectivity index (χ1) is 8.81. The van der Waals surface area contributed by atoms with Gasteiger partial charge in [0.05, 0.1) is 6.42 Å². The van der Waals surface area contributed by atoms with Crippen LogP contribution in [-0.4, -0.2) is 34.9 Å². The SMILES string of the molecule is NCCC1CCCCN1C(=O)Cc1cccnc1. The van der Waals surface area contributed by atoms with E-state index in [-0.39, 0.29) is 5.91 Å². The molecule has 1 aliphatic rings. The smallest absolute Gasteiger partial charge is 0.227 e. The molecule has 4 heteroatoms. The van der Waals surface area contributed by atoms with E-state index >= 15 is 0 Å². The van der Waals surface area contributed by atoms with Crippen molar-refractivity contribution in [2.45, 2.75) is 38.1 Å². The molecule has 0 aromatic carbocycles. The topological polar surface area (TPSA) is 59.2 Å². The first kappa shape index (κ1) is 13.0. The molecule has 1 atom stereocenters. The standard InChI is InChI=1S/C14H21N3O/c15-7-6-13-5-1-2-9-17(13)14(18)10-12-4-3-8-16-11-12/h3-4,8,11,13H,1-2,5-7,9-10,15H2. The van der Waals surface area contributed by atoms with Crippen LogP contribution in [0.2, 0.25) is 0 Å². The predicted molar refractivity (Wildman–Crippen MR) is 71.0 cm³/mol. The molecule has 1 amide bonds. The molecule has 0 saturated carbocycles. The zero-order chi connectivity index (χ0) is 12.8. The fraction of sp³-hybridized carbons (Fsp3) is 0.571. The molecule has 2 heterocycles. The van der Waals surface area contributed by atoms with Crippen molar-refractivity contribution in [3.8, 4) is 0 Å². The van der Waals surface area contributed by atoms with Gasteiger partial charge in [0, 0.05) is 25.0 Å². The summed E-state index contributed by atoms with van der Waals surface area (Å²) in [6, 6.07) is 4.16. The van der Waals surface area contributed by atoms with E-state index < -0.39 is 0 Å². The molecule has 1 fully saturated rings. The minimum absolute atomic E-state index is 0.209. The summed E-state index contributed by atoms with van der Waals surface area (Å²) < 4.78 is 0. The summed E-state index contributed by atoms with van der Waals surface area (Å²) in [5.41, 5.74) is 6.61. The van der Waals surface area contributed by atoms with Crippen LogP contribution in [0.25, 0.3) is 0 Å². The number of piperidine rings is 1. The summed E-state index contributed by atoms with van der Waals surface area (Å²) in [7, 11) is 0. The van der Waals surface area contributed by atoms with E-state index in [1.807, 2.05) is 17.0 Å². The van der Waals surface area contributed by atoms with Crippen molar-refractivity contribution in [1.29, 1.82) is 0 Å². The highest BCUT2D eigenvalue weighted by atomic mass is 16.2. The van der Waals surface area contributed by atoms with E-state index in [1.54, 1.807) is 12.4 Å². The van der Waals surface area contributed by atoms with Crippen LogP contribution in [0.5, 0.6) is 0 Å². The highest BCUT2D eigenvalue weighted by Gasteiger charge is 2.25. The Balaban J connectivity index is 1.98. The van der Waals surface area contributed by atoms with Crippen molar-refractivity contribution < 1.29 is 4.79 Å². The summed E-state index contributed by atoms with van der Waals surface area (Å²) >= 11 is 0. The maximum Gasteiger partial charge on any atom is 0.227 e. The van der Waals surface area contributed by atoms with Crippen LogP contribution in [-0.2, 0) is 11.2 Å². The van der Waals surface area contributed by atoms with Gasteiger partial charge in [0.25, 0.3) is 0 Å². The highest BCUT2D eigenvalue weighted by molar-refractivity contribution is 5.79. The molecule has 18 heavy (non-hydrogen) atoms. The van der Waals surface area contributed by atoms with Gasteiger partial charge >= 0.3 is 0 Å². The molecule has 2 rings (SSSR count). The first-order valence-electron chi connectivity index (χ1n) is 6.69. The molecule has 1 aromatic rings. The van der Waals surface area contributed by atoms with Crippen molar-refractivity contribution in [1.82, 2.24) is 9.88 Å². The summed E-state index contributed by atoms with van der Waals surface area (Å²) in [5, 5.41) is 0. The minimum atomic E-state index is 0.209. The summed E-state index contributed by atoms with van der Waals surface area (Å²) in [6.07, 6.45) is 8.27. The number of hydrogen-bond donors (Lipinski definition) is 1. The number of likely N-dealkylation sites (tertiary alicyclic amines) is 1. The number of carbonyl (C=O) groups is 1. The monoisotopic (exact) mass is 247 g/mol. The lowest BCUT2D eigenvalue weighted by atomic mass is 9.98. The van der Waals surface area contributed by atoms with Gasteiger partial charge in [-0.15, -0.1) is 0 Å². The molecule has 0 bridgehead atoms. The molecule has 0 radical (unpaired) electrons. The fourth-order valence-corrected chi connectivity index (χ4v) is 2.60. The number of rotatable bonds is 4. The molecule has 2 N–H and O–H groups in total. The van der Waals surface area contributed by atoms with Crippen LogP contribution in [0.15, 0.2) is 24.5 Å². The van der Waals surface area contributed by atoms with Gasteiger partial charge in [-0.3, -0.25) is 9.78 Å². The normalized spacial score (nSPS) is 19.8. The molecule has 98 valence electrons. The molecule has 4 nitrogen and oxygen atoms in total. The Kier molecular flexibility index (Phi) is 4.70. The third-order valence-corrected chi connectivity index (χ3v) is 3.53. The average Bonchev–Trinajstić information content (AvgIpc) is 2.41. The second kappa shape index (κ2) is 6.50. The molecule has 1 unspecified atom stereocenters. The van der Waals surface area contributed by atoms with Crippen molar-refractivity contribution >= 4 is 5.91 Å². The molecule has 1 saturated heterocycles. The van der Waals surface area contributed by atoms with Crippen molar-refractivity contribution in [3.05, 3.63) is 30.1 Å². The Hall–Kier alpha value is -1.42. The first-order valence-corrected chi connectivity index (χ1v) is 6.69. The molecule has 0 spiro atoms. The molecular formula is C14H21N3O. The van der Waals surface area contributed by atoms with E-state index in [4.69, 9.17) is 5.73 Å². The number of carbonyl (C=O) groups excluding carboxylic acids is 1. The maximum absolute atomic E-state index is 12.3. The molecular weight excluding hydrogens is 226 g/mol. The Labute approximate surface area is 108 Å². The quantitative estimate of drug-likeness (QED) is 0.873. The Morgan fingerprint density at radius 1 is 1.50 bits per heavy atom. The van der Waals surface area contributed by atoms with Crippen molar-refractivity contribution in [3.63, 3.8) is 0 Å². The third-order valence-electron chi connectivity index (χ3n) is 3.53. The highest BCUT2D eigenvalue weighted by Crippen LogP contribution is 2.20. The van der Waals surface area contributed by atoms with Crippen LogP contribution >= 0.6 is 0 Å². The number of aromatic nitrogens is 1. The van der Waals surface area contributed by atoms with E-state index in [1.165, 1.54) is 6.42 Å². The summed E-state index contributed by atoms with van der Waals surface area (Å²) in [5.74, 6) is 0.209. The maximum atomic E-state index is 12.3. The number of nitrogens with zero attached hydrogens (tertiary/aromatic N) is 2. The van der Waals surface area contributed by atoms with Gasteiger partial charge in [0.15, 0.2) is 0 Å². The lowest BCUT2D eigenvalue weighted by molar-refractivity contribution is -0.134. The second-order valence-corrected chi connectivity index (χ2v) is 4.85. The molecule has 0 aliphatic carbocycles. The van der Waals surface area contributed by atoms with Gasteiger partial charge in [0.2, 0.25) is 5.91 Å². The fourth-order valence-electron chi connectivity index (χ4n) is 2.60. The lowest BCUT2D eigenvalue weighted by Gasteiger charge is -2.35. The molecule has 1 aromatic heterocycles. The number of nitrogens with two attached hydrogens (primary N) is 1. The van der Waals surface area contributed by atoms with Crippen molar-refractivity contribution in [2.75, 3.05) is 13.1 Å². The zero-order valence-corrected chi connectivity index (χ0v) is 10.7. The van der Waals surface area contributed by atoms with Gasteiger partial charge in [-0.2, -0.15) is 0 Å². The Morgan fingerprint density at radius 3 is 3.11 bits per heavy atom.